The largest absolute Gasteiger partial charge is 0.344 e. The van der Waals surface area contributed by atoms with Crippen LogP contribution in [-0.2, 0) is 25.8 Å². The molecule has 1 aliphatic rings. The fraction of sp³-hybridized carbons (Fsp3) is 0.381. The van der Waals surface area contributed by atoms with Crippen molar-refractivity contribution in [2.45, 2.75) is 39.6 Å². The van der Waals surface area contributed by atoms with Crippen LogP contribution >= 0.6 is 0 Å². The first-order valence-corrected chi connectivity index (χ1v) is 7.46. The van der Waals surface area contributed by atoms with Crippen molar-refractivity contribution < 1.29 is 20.6 Å². The van der Waals surface area contributed by atoms with Gasteiger partial charge in [0.05, 0.1) is 8.22 Å². The van der Waals surface area contributed by atoms with Crippen molar-refractivity contribution >= 4 is 10.9 Å². The van der Waals surface area contributed by atoms with Crippen LogP contribution in [0.5, 0.6) is 0 Å². The van der Waals surface area contributed by atoms with Crippen LogP contribution < -0.4 is 0 Å². The van der Waals surface area contributed by atoms with Gasteiger partial charge in [-0.1, -0.05) is 17.6 Å². The highest BCUT2D eigenvalue weighted by molar-refractivity contribution is 5.86. The molecule has 3 nitrogen and oxygen atoms in total. The Bertz CT molecular complexity index is 1520. The third-order valence-electron chi connectivity index (χ3n) is 3.78. The van der Waals surface area contributed by atoms with Gasteiger partial charge in [-0.2, -0.15) is 0 Å². The summed E-state index contributed by atoms with van der Waals surface area (Å²) >= 11 is 0. The van der Waals surface area contributed by atoms with Gasteiger partial charge in [0, 0.05) is 66.7 Å². The second kappa shape index (κ2) is 6.06. The second-order valence-electron chi connectivity index (χ2n) is 5.54. The molecule has 3 heterocycles. The van der Waals surface area contributed by atoms with E-state index in [1.807, 2.05) is 0 Å². The molecule has 1 aliphatic heterocycles. The van der Waals surface area contributed by atoms with Gasteiger partial charge in [-0.15, -0.1) is 0 Å². The van der Waals surface area contributed by atoms with Crippen molar-refractivity contribution in [3.8, 4) is 0 Å². The quantitative estimate of drug-likeness (QED) is 0.725. The fourth-order valence-electron chi connectivity index (χ4n) is 2.66. The number of rotatable bonds is 3. The maximum atomic E-state index is 8.76. The molecule has 0 saturated carbocycles. The van der Waals surface area contributed by atoms with Crippen molar-refractivity contribution in [2.75, 3.05) is 13.5 Å². The molecule has 0 fully saturated rings. The molecule has 0 saturated heterocycles. The summed E-state index contributed by atoms with van der Waals surface area (Å²) in [6.07, 6.45) is -3.50. The van der Waals surface area contributed by atoms with Gasteiger partial charge in [-0.25, -0.2) is 0 Å². The van der Waals surface area contributed by atoms with E-state index >= 15 is 0 Å². The summed E-state index contributed by atoms with van der Waals surface area (Å²) in [4.78, 5) is 4.46. The van der Waals surface area contributed by atoms with Crippen LogP contribution in [0, 0.1) is 13.8 Å². The molecular formula is C21H25N3. The summed E-state index contributed by atoms with van der Waals surface area (Å²) in [6, 6.07) is -2.85. The first kappa shape index (κ1) is 5.99. The number of hydrogen-bond acceptors (Lipinski definition) is 2. The van der Waals surface area contributed by atoms with E-state index in [9.17, 15) is 0 Å². The van der Waals surface area contributed by atoms with Gasteiger partial charge in [0.25, 0.3) is 0 Å². The highest BCUT2D eigenvalue weighted by atomic mass is 15.1. The van der Waals surface area contributed by atoms with Crippen molar-refractivity contribution in [1.29, 1.82) is 0 Å². The summed E-state index contributed by atoms with van der Waals surface area (Å²) in [6.45, 7) is -7.63. The van der Waals surface area contributed by atoms with Gasteiger partial charge in [0.2, 0.25) is 0 Å². The average Bonchev–Trinajstić information content (AvgIpc) is 3.16. The predicted molar refractivity (Wildman–Crippen MR) is 99.4 cm³/mol. The minimum atomic E-state index is -3.02. The molecule has 0 unspecified atom stereocenters. The van der Waals surface area contributed by atoms with Gasteiger partial charge in [-0.05, 0) is 56.5 Å². The van der Waals surface area contributed by atoms with Gasteiger partial charge in [0.15, 0.2) is 0 Å². The van der Waals surface area contributed by atoms with Crippen LogP contribution in [0.2, 0.25) is 0 Å². The Balaban J connectivity index is 2.17. The molecule has 4 rings (SSSR count). The number of nitrogens with zero attached hydrogens (tertiary/aromatic N) is 3. The Morgan fingerprint density at radius 2 is 2.25 bits per heavy atom. The number of pyridine rings is 1. The Hall–Kier alpha value is -2.13. The van der Waals surface area contributed by atoms with E-state index < -0.39 is 66.6 Å². The van der Waals surface area contributed by atoms with Gasteiger partial charge in [0.1, 0.15) is 0 Å². The third-order valence-corrected chi connectivity index (χ3v) is 3.78. The number of benzene rings is 1. The minimum absolute atomic E-state index is 0.00328. The molecular weight excluding hydrogens is 294 g/mol. The average molecular weight is 335 g/mol. The highest BCUT2D eigenvalue weighted by Gasteiger charge is 2.22. The maximum Gasteiger partial charge on any atom is 0.0843 e. The molecule has 3 heteroatoms. The Morgan fingerprint density at radius 1 is 1.33 bits per heavy atom. The van der Waals surface area contributed by atoms with E-state index in [4.69, 9.17) is 20.6 Å². The van der Waals surface area contributed by atoms with E-state index in [2.05, 4.69) is 4.98 Å². The normalized spacial score (nSPS) is 30.8. The van der Waals surface area contributed by atoms with Gasteiger partial charge >= 0.3 is 0 Å². The molecule has 3 aromatic rings. The highest BCUT2D eigenvalue weighted by Crippen LogP contribution is 2.31. The molecule has 124 valence electrons. The first-order chi connectivity index (χ1) is 17.6. The SMILES string of the molecule is [2H]c1nc(C)c([2H])c([2H])c1CCn1c2c(c3c([2H])c(C([2H])([2H])[2H])c([2H])c([2H])c31)C([2H])([2H])N(C)C([2H])([2H])C2([2H])[2H]. The van der Waals surface area contributed by atoms with Crippen LogP contribution in [0.25, 0.3) is 10.9 Å². The van der Waals surface area contributed by atoms with Crippen LogP contribution in [-0.4, -0.2) is 28.0 Å². The topological polar surface area (TPSA) is 21.1 Å². The number of aryl methyl sites for hydroxylation is 2. The maximum absolute atomic E-state index is 8.76. The Kier molecular flexibility index (Phi) is 1.51. The van der Waals surface area contributed by atoms with Crippen molar-refractivity contribution in [3.05, 3.63) is 64.5 Å². The smallest absolute Gasteiger partial charge is 0.0843 e. The zero-order valence-electron chi connectivity index (χ0n) is 28.3. The zero-order valence-corrected chi connectivity index (χ0v) is 13.3. The van der Waals surface area contributed by atoms with Crippen LogP contribution in [0.15, 0.2) is 36.4 Å². The molecule has 1 aromatic carbocycles. The number of aromatic nitrogens is 2. The Morgan fingerprint density at radius 3 is 3.12 bits per heavy atom. The van der Waals surface area contributed by atoms with Crippen LogP contribution in [0.4, 0.5) is 0 Å². The summed E-state index contributed by atoms with van der Waals surface area (Å²) in [5.74, 6) is 0. The molecule has 0 spiro atoms. The lowest BCUT2D eigenvalue weighted by Crippen LogP contribution is -2.27. The third kappa shape index (κ3) is 2.73. The lowest BCUT2D eigenvalue weighted by atomic mass is 10.0. The molecule has 24 heavy (non-hydrogen) atoms. The van der Waals surface area contributed by atoms with E-state index in [0.29, 0.717) is 4.90 Å². The minimum Gasteiger partial charge on any atom is -0.344 e. The number of fused-ring (bicyclic) bond motifs is 3. The predicted octanol–water partition coefficient (Wildman–Crippen LogP) is 3.88. The zero-order chi connectivity index (χ0) is 29.8. The molecule has 0 aliphatic carbocycles. The van der Waals surface area contributed by atoms with E-state index in [-0.39, 0.29) is 48.0 Å². The molecule has 0 radical (unpaired) electrons. The molecule has 0 bridgehead atoms. The summed E-state index contributed by atoms with van der Waals surface area (Å²) < 4.78 is 127. The summed E-state index contributed by atoms with van der Waals surface area (Å²) in [7, 11) is 1.02. The fourth-order valence-corrected chi connectivity index (χ4v) is 2.66. The van der Waals surface area contributed by atoms with E-state index in [1.54, 1.807) is 0 Å². The second-order valence-corrected chi connectivity index (χ2v) is 5.54. The lowest BCUT2D eigenvalue weighted by molar-refractivity contribution is 0.309. The number of likely N-dealkylation sites (N-methyl/N-ethyl adjacent to an activating group) is 1. The standard InChI is InChI=1S/C21H25N3/c1-15-4-7-20-18(12-15)19-14-23(3)10-9-21(19)24(20)11-8-17-6-5-16(2)22-13-17/h4-7,12-13H,8-11,14H2,1-3H3/i1D3,4D,5D,6D,7D,9D2,10D2,12D,13D,14D2. The first-order valence-electron chi connectivity index (χ1n) is 15.0. The van der Waals surface area contributed by atoms with Crippen molar-refractivity contribution in [2.24, 2.45) is 0 Å². The number of hydrogen-bond donors (Lipinski definition) is 0. The molecule has 0 N–H and O–H groups in total. The van der Waals surface area contributed by atoms with E-state index in [0.717, 1.165) is 11.6 Å². The van der Waals surface area contributed by atoms with Crippen LogP contribution in [0.1, 0.15) is 48.6 Å². The van der Waals surface area contributed by atoms with Crippen LogP contribution in [0.3, 0.4) is 0 Å². The monoisotopic (exact) mass is 334 g/mol. The van der Waals surface area contributed by atoms with Gasteiger partial charge < -0.3 is 9.47 Å². The van der Waals surface area contributed by atoms with Crippen molar-refractivity contribution in [3.63, 3.8) is 0 Å². The van der Waals surface area contributed by atoms with Gasteiger partial charge in [-0.3, -0.25) is 4.98 Å². The molecule has 0 amide bonds. The summed E-state index contributed by atoms with van der Waals surface area (Å²) in [5.41, 5.74) is -2.07. The van der Waals surface area contributed by atoms with E-state index in [1.165, 1.54) is 6.92 Å². The molecule has 0 atom stereocenters. The van der Waals surface area contributed by atoms with Crippen molar-refractivity contribution in [1.82, 2.24) is 14.5 Å². The molecule has 2 aromatic heterocycles. The lowest BCUT2D eigenvalue weighted by Gasteiger charge is -2.24. The Labute approximate surface area is 165 Å². The summed E-state index contributed by atoms with van der Waals surface area (Å²) in [5, 5.41) is -0.422.